The SMILES string of the molecule is CCCOc1ccccc1NC(=O)[C@@H]1COc2ccccc2O1. The molecule has 2 aromatic carbocycles. The summed E-state index contributed by atoms with van der Waals surface area (Å²) >= 11 is 0. The third-order valence-corrected chi connectivity index (χ3v) is 3.41. The molecule has 1 aliphatic rings. The number of nitrogens with one attached hydrogen (secondary N) is 1. The molecule has 5 heteroatoms. The summed E-state index contributed by atoms with van der Waals surface area (Å²) in [6.07, 6.45) is 0.211. The highest BCUT2D eigenvalue weighted by Crippen LogP contribution is 2.31. The fourth-order valence-corrected chi connectivity index (χ4v) is 2.27. The van der Waals surface area contributed by atoms with Crippen LogP contribution in [-0.4, -0.2) is 25.2 Å². The highest BCUT2D eigenvalue weighted by molar-refractivity contribution is 5.96. The van der Waals surface area contributed by atoms with E-state index in [1.54, 1.807) is 12.1 Å². The second-order valence-corrected chi connectivity index (χ2v) is 5.20. The Labute approximate surface area is 135 Å². The number of fused-ring (bicyclic) bond motifs is 1. The number of anilines is 1. The third kappa shape index (κ3) is 3.56. The van der Waals surface area contributed by atoms with Crippen LogP contribution >= 0.6 is 0 Å². The van der Waals surface area contributed by atoms with Crippen molar-refractivity contribution >= 4 is 11.6 Å². The number of carbonyl (C=O) groups excluding carboxylic acids is 1. The fourth-order valence-electron chi connectivity index (χ4n) is 2.27. The van der Waals surface area contributed by atoms with Crippen molar-refractivity contribution in [2.45, 2.75) is 19.4 Å². The van der Waals surface area contributed by atoms with Crippen molar-refractivity contribution in [2.75, 3.05) is 18.5 Å². The Morgan fingerprint density at radius 3 is 2.74 bits per heavy atom. The van der Waals surface area contributed by atoms with E-state index in [2.05, 4.69) is 5.32 Å². The normalized spacial score (nSPS) is 15.8. The van der Waals surface area contributed by atoms with Crippen molar-refractivity contribution in [3.63, 3.8) is 0 Å². The third-order valence-electron chi connectivity index (χ3n) is 3.41. The van der Waals surface area contributed by atoms with Crippen molar-refractivity contribution < 1.29 is 19.0 Å². The van der Waals surface area contributed by atoms with Gasteiger partial charge in [-0.15, -0.1) is 0 Å². The molecule has 2 aromatic rings. The number of ether oxygens (including phenoxy) is 3. The molecule has 23 heavy (non-hydrogen) atoms. The lowest BCUT2D eigenvalue weighted by Crippen LogP contribution is -2.40. The van der Waals surface area contributed by atoms with Gasteiger partial charge in [-0.25, -0.2) is 0 Å². The van der Waals surface area contributed by atoms with Crippen LogP contribution in [-0.2, 0) is 4.79 Å². The Hall–Kier alpha value is -2.69. The molecule has 1 heterocycles. The number of hydrogen-bond donors (Lipinski definition) is 1. The van der Waals surface area contributed by atoms with Crippen molar-refractivity contribution in [3.05, 3.63) is 48.5 Å². The van der Waals surface area contributed by atoms with Crippen LogP contribution in [0.3, 0.4) is 0 Å². The summed E-state index contributed by atoms with van der Waals surface area (Å²) in [5.74, 6) is 1.63. The number of benzene rings is 2. The monoisotopic (exact) mass is 313 g/mol. The molecule has 1 amide bonds. The molecule has 0 radical (unpaired) electrons. The van der Waals surface area contributed by atoms with E-state index in [1.165, 1.54) is 0 Å². The minimum Gasteiger partial charge on any atom is -0.491 e. The van der Waals surface area contributed by atoms with E-state index >= 15 is 0 Å². The summed E-state index contributed by atoms with van der Waals surface area (Å²) in [6, 6.07) is 14.7. The Bertz CT molecular complexity index is 686. The standard InChI is InChI=1S/C18H19NO4/c1-2-11-21-14-8-4-3-7-13(14)19-18(20)17-12-22-15-9-5-6-10-16(15)23-17/h3-10,17H,2,11-12H2,1H3,(H,19,20)/t17-/m0/s1. The molecule has 1 atom stereocenters. The second kappa shape index (κ2) is 7.05. The Morgan fingerprint density at radius 1 is 1.17 bits per heavy atom. The fraction of sp³-hybridized carbons (Fsp3) is 0.278. The predicted molar refractivity (Wildman–Crippen MR) is 87.2 cm³/mol. The van der Waals surface area contributed by atoms with Gasteiger partial charge in [0.1, 0.15) is 12.4 Å². The number of para-hydroxylation sites is 4. The zero-order valence-corrected chi connectivity index (χ0v) is 13.0. The number of carbonyl (C=O) groups is 1. The predicted octanol–water partition coefficient (Wildman–Crippen LogP) is 3.25. The first-order chi connectivity index (χ1) is 11.3. The Kier molecular flexibility index (Phi) is 4.66. The Balaban J connectivity index is 1.68. The van der Waals surface area contributed by atoms with Gasteiger partial charge >= 0.3 is 0 Å². The molecule has 0 aromatic heterocycles. The van der Waals surface area contributed by atoms with Gasteiger partial charge in [0.15, 0.2) is 11.5 Å². The summed E-state index contributed by atoms with van der Waals surface area (Å²) < 4.78 is 16.9. The number of amides is 1. The summed E-state index contributed by atoms with van der Waals surface area (Å²) in [5, 5.41) is 2.85. The first-order valence-electron chi connectivity index (χ1n) is 7.69. The minimum atomic E-state index is -0.691. The van der Waals surface area contributed by atoms with E-state index in [9.17, 15) is 4.79 Å². The van der Waals surface area contributed by atoms with Gasteiger partial charge in [0.05, 0.1) is 12.3 Å². The van der Waals surface area contributed by atoms with Crippen LogP contribution in [0.2, 0.25) is 0 Å². The molecule has 0 unspecified atom stereocenters. The van der Waals surface area contributed by atoms with E-state index in [4.69, 9.17) is 14.2 Å². The van der Waals surface area contributed by atoms with Crippen molar-refractivity contribution in [1.82, 2.24) is 0 Å². The maximum atomic E-state index is 12.4. The van der Waals surface area contributed by atoms with Crippen LogP contribution in [0.1, 0.15) is 13.3 Å². The summed E-state index contributed by atoms with van der Waals surface area (Å²) in [5.41, 5.74) is 0.633. The highest BCUT2D eigenvalue weighted by Gasteiger charge is 2.27. The minimum absolute atomic E-state index is 0.181. The summed E-state index contributed by atoms with van der Waals surface area (Å²) in [4.78, 5) is 12.4. The average Bonchev–Trinajstić information content (AvgIpc) is 2.60. The quantitative estimate of drug-likeness (QED) is 0.920. The van der Waals surface area contributed by atoms with Crippen LogP contribution in [0.25, 0.3) is 0 Å². The number of rotatable bonds is 5. The van der Waals surface area contributed by atoms with E-state index < -0.39 is 6.10 Å². The molecule has 0 saturated carbocycles. The van der Waals surface area contributed by atoms with Crippen molar-refractivity contribution in [2.24, 2.45) is 0 Å². The van der Waals surface area contributed by atoms with Crippen LogP contribution < -0.4 is 19.5 Å². The first kappa shape index (κ1) is 15.2. The lowest BCUT2D eigenvalue weighted by atomic mass is 10.2. The molecule has 1 N–H and O–H groups in total. The molecule has 120 valence electrons. The van der Waals surface area contributed by atoms with Gasteiger partial charge in [0.2, 0.25) is 6.10 Å². The highest BCUT2D eigenvalue weighted by atomic mass is 16.6. The first-order valence-corrected chi connectivity index (χ1v) is 7.69. The topological polar surface area (TPSA) is 56.8 Å². The van der Waals surface area contributed by atoms with Gasteiger partial charge in [-0.2, -0.15) is 0 Å². The molecule has 0 saturated heterocycles. The van der Waals surface area contributed by atoms with Gasteiger partial charge < -0.3 is 19.5 Å². The summed E-state index contributed by atoms with van der Waals surface area (Å²) in [7, 11) is 0. The van der Waals surface area contributed by atoms with Gasteiger partial charge in [-0.05, 0) is 30.7 Å². The second-order valence-electron chi connectivity index (χ2n) is 5.20. The average molecular weight is 313 g/mol. The van der Waals surface area contributed by atoms with E-state index in [1.807, 2.05) is 43.3 Å². The molecule has 1 aliphatic heterocycles. The molecule has 3 rings (SSSR count). The van der Waals surface area contributed by atoms with Crippen LogP contribution in [0.4, 0.5) is 5.69 Å². The maximum Gasteiger partial charge on any atom is 0.269 e. The lowest BCUT2D eigenvalue weighted by molar-refractivity contribution is -0.125. The van der Waals surface area contributed by atoms with Crippen molar-refractivity contribution in [3.8, 4) is 17.2 Å². The molecule has 0 bridgehead atoms. The van der Waals surface area contributed by atoms with E-state index in [0.29, 0.717) is 29.5 Å². The largest absolute Gasteiger partial charge is 0.491 e. The van der Waals surface area contributed by atoms with Crippen molar-refractivity contribution in [1.29, 1.82) is 0 Å². The van der Waals surface area contributed by atoms with Gasteiger partial charge in [0.25, 0.3) is 5.91 Å². The molecular weight excluding hydrogens is 294 g/mol. The van der Waals surface area contributed by atoms with Gasteiger partial charge in [0, 0.05) is 0 Å². The van der Waals surface area contributed by atoms with Gasteiger partial charge in [-0.1, -0.05) is 31.2 Å². The molecule has 0 spiro atoms. The van der Waals surface area contributed by atoms with Gasteiger partial charge in [-0.3, -0.25) is 4.79 Å². The number of hydrogen-bond acceptors (Lipinski definition) is 4. The molecular formula is C18H19NO4. The van der Waals surface area contributed by atoms with Crippen LogP contribution in [0, 0.1) is 0 Å². The molecule has 0 fully saturated rings. The van der Waals surface area contributed by atoms with Crippen LogP contribution in [0.5, 0.6) is 17.2 Å². The van der Waals surface area contributed by atoms with E-state index in [-0.39, 0.29) is 12.5 Å². The van der Waals surface area contributed by atoms with E-state index in [0.717, 1.165) is 6.42 Å². The molecule has 0 aliphatic carbocycles. The zero-order valence-electron chi connectivity index (χ0n) is 13.0. The maximum absolute atomic E-state index is 12.4. The zero-order chi connectivity index (χ0) is 16.1. The van der Waals surface area contributed by atoms with Crippen LogP contribution in [0.15, 0.2) is 48.5 Å². The summed E-state index contributed by atoms with van der Waals surface area (Å²) in [6.45, 7) is 2.82. The smallest absolute Gasteiger partial charge is 0.269 e. The molecule has 5 nitrogen and oxygen atoms in total. The lowest BCUT2D eigenvalue weighted by Gasteiger charge is -2.25. The Morgan fingerprint density at radius 2 is 1.91 bits per heavy atom.